The molecular formula is C25H29N3O5. The van der Waals surface area contributed by atoms with Crippen molar-refractivity contribution in [1.82, 2.24) is 9.80 Å². The molecule has 33 heavy (non-hydrogen) atoms. The number of anilines is 1. The minimum absolute atomic E-state index is 0.262. The lowest BCUT2D eigenvalue weighted by molar-refractivity contribution is -0.137. The Morgan fingerprint density at radius 2 is 1.61 bits per heavy atom. The lowest BCUT2D eigenvalue weighted by Gasteiger charge is -2.28. The van der Waals surface area contributed by atoms with Crippen molar-refractivity contribution < 1.29 is 23.8 Å². The van der Waals surface area contributed by atoms with Gasteiger partial charge in [-0.05, 0) is 24.6 Å². The maximum Gasteiger partial charge on any atom is 0.278 e. The van der Waals surface area contributed by atoms with Gasteiger partial charge in [0, 0.05) is 37.9 Å². The molecule has 0 radical (unpaired) electrons. The van der Waals surface area contributed by atoms with Crippen LogP contribution in [0.4, 0.5) is 5.69 Å². The third kappa shape index (κ3) is 4.86. The van der Waals surface area contributed by atoms with Gasteiger partial charge in [0.15, 0.2) is 11.5 Å². The minimum atomic E-state index is -0.335. The topological polar surface area (TPSA) is 80.3 Å². The number of methoxy groups -OCH3 is 2. The van der Waals surface area contributed by atoms with Crippen molar-refractivity contribution >= 4 is 23.1 Å². The Hall–Kier alpha value is -3.36. The molecule has 1 saturated heterocycles. The third-order valence-electron chi connectivity index (χ3n) is 5.90. The van der Waals surface area contributed by atoms with Gasteiger partial charge in [-0.25, -0.2) is 0 Å². The summed E-state index contributed by atoms with van der Waals surface area (Å²) in [5, 5.41) is 3.18. The molecule has 2 aromatic rings. The third-order valence-corrected chi connectivity index (χ3v) is 5.90. The van der Waals surface area contributed by atoms with Crippen LogP contribution < -0.4 is 14.8 Å². The maximum absolute atomic E-state index is 13.4. The summed E-state index contributed by atoms with van der Waals surface area (Å²) >= 11 is 0. The van der Waals surface area contributed by atoms with Gasteiger partial charge < -0.3 is 19.5 Å². The lowest BCUT2D eigenvalue weighted by Crippen LogP contribution is -2.43. The molecule has 4 rings (SSSR count). The van der Waals surface area contributed by atoms with Crippen molar-refractivity contribution in [1.29, 1.82) is 0 Å². The average molecular weight is 452 g/mol. The molecule has 8 heteroatoms. The zero-order valence-electron chi connectivity index (χ0n) is 19.2. The van der Waals surface area contributed by atoms with E-state index in [0.717, 1.165) is 18.7 Å². The molecule has 2 aliphatic rings. The van der Waals surface area contributed by atoms with Crippen molar-refractivity contribution in [3.05, 3.63) is 59.3 Å². The number of carbonyl (C=O) groups excluding carboxylic acids is 2. The number of benzene rings is 2. The van der Waals surface area contributed by atoms with Gasteiger partial charge in [0.25, 0.3) is 11.8 Å². The van der Waals surface area contributed by atoms with E-state index in [4.69, 9.17) is 14.2 Å². The van der Waals surface area contributed by atoms with Gasteiger partial charge in [-0.15, -0.1) is 0 Å². The lowest BCUT2D eigenvalue weighted by atomic mass is 10.0. The molecule has 2 aliphatic heterocycles. The van der Waals surface area contributed by atoms with Crippen LogP contribution in [-0.4, -0.2) is 75.2 Å². The number of morpholine rings is 1. The Morgan fingerprint density at radius 3 is 2.27 bits per heavy atom. The Labute approximate surface area is 193 Å². The predicted octanol–water partition coefficient (Wildman–Crippen LogP) is 2.54. The second-order valence-corrected chi connectivity index (χ2v) is 8.03. The Bertz CT molecular complexity index is 1060. The molecule has 0 saturated carbocycles. The van der Waals surface area contributed by atoms with E-state index in [1.165, 1.54) is 4.90 Å². The van der Waals surface area contributed by atoms with Crippen LogP contribution >= 0.6 is 0 Å². The SMILES string of the molecule is COc1ccc(NC2=C(c3ccc(C)cc3)C(=O)N(CCN3CCOCC3)C2=O)cc1OC. The van der Waals surface area contributed by atoms with Crippen LogP contribution in [0.25, 0.3) is 5.57 Å². The second kappa shape index (κ2) is 10.1. The number of amides is 2. The summed E-state index contributed by atoms with van der Waals surface area (Å²) in [5.41, 5.74) is 3.05. The molecule has 0 aliphatic carbocycles. The standard InChI is InChI=1S/C25H29N3O5/c1-17-4-6-18(7-5-17)22-23(26-19-8-9-20(31-2)21(16-19)32-3)25(30)28(24(22)29)11-10-27-12-14-33-15-13-27/h4-9,16,26H,10-15H2,1-3H3. The monoisotopic (exact) mass is 451 g/mol. The summed E-state index contributed by atoms with van der Waals surface area (Å²) in [6.45, 7) is 5.85. The van der Waals surface area contributed by atoms with Crippen LogP contribution in [0.2, 0.25) is 0 Å². The molecule has 174 valence electrons. The number of hydrogen-bond donors (Lipinski definition) is 1. The van der Waals surface area contributed by atoms with Crippen molar-refractivity contribution in [3.8, 4) is 11.5 Å². The smallest absolute Gasteiger partial charge is 0.278 e. The summed E-state index contributed by atoms with van der Waals surface area (Å²) in [6.07, 6.45) is 0. The highest BCUT2D eigenvalue weighted by Gasteiger charge is 2.39. The molecule has 0 unspecified atom stereocenters. The molecule has 2 aromatic carbocycles. The molecule has 8 nitrogen and oxygen atoms in total. The minimum Gasteiger partial charge on any atom is -0.493 e. The summed E-state index contributed by atoms with van der Waals surface area (Å²) in [5.74, 6) is 0.483. The van der Waals surface area contributed by atoms with Gasteiger partial charge in [-0.1, -0.05) is 29.8 Å². The van der Waals surface area contributed by atoms with Crippen molar-refractivity contribution in [2.75, 3.05) is 58.9 Å². The zero-order chi connectivity index (χ0) is 23.4. The van der Waals surface area contributed by atoms with E-state index in [2.05, 4.69) is 10.2 Å². The summed E-state index contributed by atoms with van der Waals surface area (Å²) in [4.78, 5) is 30.4. The fourth-order valence-electron chi connectivity index (χ4n) is 4.01. The van der Waals surface area contributed by atoms with Crippen molar-refractivity contribution in [2.24, 2.45) is 0 Å². The molecule has 1 fully saturated rings. The maximum atomic E-state index is 13.4. The predicted molar refractivity (Wildman–Crippen MR) is 125 cm³/mol. The highest BCUT2D eigenvalue weighted by atomic mass is 16.5. The molecule has 2 heterocycles. The first kappa shape index (κ1) is 22.8. The van der Waals surface area contributed by atoms with Crippen LogP contribution in [0.15, 0.2) is 48.2 Å². The van der Waals surface area contributed by atoms with E-state index in [1.54, 1.807) is 32.4 Å². The Morgan fingerprint density at radius 1 is 0.909 bits per heavy atom. The van der Waals surface area contributed by atoms with E-state index < -0.39 is 0 Å². The number of ether oxygens (including phenoxy) is 3. The van der Waals surface area contributed by atoms with Crippen LogP contribution in [-0.2, 0) is 14.3 Å². The van der Waals surface area contributed by atoms with Gasteiger partial charge in [0.1, 0.15) is 5.70 Å². The Kier molecular flexibility index (Phi) is 6.96. The van der Waals surface area contributed by atoms with Gasteiger partial charge in [0.2, 0.25) is 0 Å². The molecular weight excluding hydrogens is 422 g/mol. The normalized spacial score (nSPS) is 17.0. The molecule has 0 bridgehead atoms. The molecule has 0 atom stereocenters. The van der Waals surface area contributed by atoms with Crippen molar-refractivity contribution in [3.63, 3.8) is 0 Å². The number of imide groups is 1. The first-order chi connectivity index (χ1) is 16.0. The largest absolute Gasteiger partial charge is 0.493 e. The van der Waals surface area contributed by atoms with E-state index in [-0.39, 0.29) is 17.5 Å². The van der Waals surface area contributed by atoms with Crippen LogP contribution in [0.5, 0.6) is 11.5 Å². The molecule has 0 aromatic heterocycles. The highest BCUT2D eigenvalue weighted by molar-refractivity contribution is 6.36. The van der Waals surface area contributed by atoms with E-state index in [9.17, 15) is 9.59 Å². The van der Waals surface area contributed by atoms with Crippen LogP contribution in [0.1, 0.15) is 11.1 Å². The fraction of sp³-hybridized carbons (Fsp3) is 0.360. The van der Waals surface area contributed by atoms with E-state index in [0.29, 0.717) is 54.6 Å². The first-order valence-electron chi connectivity index (χ1n) is 11.0. The number of nitrogens with one attached hydrogen (secondary N) is 1. The highest BCUT2D eigenvalue weighted by Crippen LogP contribution is 2.34. The van der Waals surface area contributed by atoms with Crippen molar-refractivity contribution in [2.45, 2.75) is 6.92 Å². The van der Waals surface area contributed by atoms with Crippen LogP contribution in [0.3, 0.4) is 0 Å². The van der Waals surface area contributed by atoms with Crippen LogP contribution in [0, 0.1) is 6.92 Å². The number of aryl methyl sites for hydroxylation is 1. The van der Waals surface area contributed by atoms with Gasteiger partial charge in [-0.3, -0.25) is 19.4 Å². The average Bonchev–Trinajstić information content (AvgIpc) is 3.07. The number of nitrogens with zero attached hydrogens (tertiary/aromatic N) is 2. The fourth-order valence-corrected chi connectivity index (χ4v) is 4.01. The van der Waals surface area contributed by atoms with E-state index >= 15 is 0 Å². The summed E-state index contributed by atoms with van der Waals surface area (Å²) in [7, 11) is 3.12. The molecule has 2 amide bonds. The Balaban J connectivity index is 1.64. The summed E-state index contributed by atoms with van der Waals surface area (Å²) < 4.78 is 16.1. The number of carbonyl (C=O) groups is 2. The van der Waals surface area contributed by atoms with Gasteiger partial charge in [0.05, 0.1) is 33.0 Å². The quantitative estimate of drug-likeness (QED) is 0.618. The zero-order valence-corrected chi connectivity index (χ0v) is 19.2. The summed E-state index contributed by atoms with van der Waals surface area (Å²) in [6, 6.07) is 12.9. The second-order valence-electron chi connectivity index (χ2n) is 8.03. The number of hydrogen-bond acceptors (Lipinski definition) is 7. The first-order valence-corrected chi connectivity index (χ1v) is 11.0. The molecule has 0 spiro atoms. The number of rotatable bonds is 8. The van der Waals surface area contributed by atoms with E-state index in [1.807, 2.05) is 31.2 Å². The van der Waals surface area contributed by atoms with Gasteiger partial charge in [-0.2, -0.15) is 0 Å². The van der Waals surface area contributed by atoms with Gasteiger partial charge >= 0.3 is 0 Å². The molecule has 1 N–H and O–H groups in total.